The highest BCUT2D eigenvalue weighted by molar-refractivity contribution is 6.11. The van der Waals surface area contributed by atoms with Gasteiger partial charge in [0.25, 0.3) is 5.91 Å². The molecule has 0 unspecified atom stereocenters. The van der Waals surface area contributed by atoms with E-state index in [-0.39, 0.29) is 12.7 Å². The van der Waals surface area contributed by atoms with E-state index >= 15 is 0 Å². The molecule has 2 N–H and O–H groups in total. The average Bonchev–Trinajstić information content (AvgIpc) is 3.52. The minimum Gasteiger partial charge on any atom is -0.454 e. The lowest BCUT2D eigenvalue weighted by Crippen LogP contribution is -2.32. The number of aromatic amines is 1. The summed E-state index contributed by atoms with van der Waals surface area (Å²) in [5.74, 6) is 1.80. The Labute approximate surface area is 203 Å². The van der Waals surface area contributed by atoms with Crippen molar-refractivity contribution in [3.63, 3.8) is 0 Å². The van der Waals surface area contributed by atoms with Crippen LogP contribution in [0.3, 0.4) is 0 Å². The highest BCUT2D eigenvalue weighted by Gasteiger charge is 2.19. The maximum atomic E-state index is 13.1. The van der Waals surface area contributed by atoms with Crippen molar-refractivity contribution in [2.45, 2.75) is 26.3 Å². The van der Waals surface area contributed by atoms with E-state index in [9.17, 15) is 4.79 Å². The van der Waals surface area contributed by atoms with Crippen LogP contribution in [0.25, 0.3) is 22.0 Å². The number of pyridine rings is 1. The summed E-state index contributed by atoms with van der Waals surface area (Å²) in [5, 5.41) is 10.9. The number of carbonyl (C=O) groups is 1. The van der Waals surface area contributed by atoms with E-state index in [1.807, 2.05) is 30.6 Å². The highest BCUT2D eigenvalue weighted by atomic mass is 16.7. The highest BCUT2D eigenvalue weighted by Crippen LogP contribution is 2.34. The number of hydrogen-bond donors (Lipinski definition) is 2. The maximum Gasteiger partial charge on any atom is 0.276 e. The second kappa shape index (κ2) is 9.03. The first-order valence-corrected chi connectivity index (χ1v) is 12.0. The van der Waals surface area contributed by atoms with E-state index in [2.05, 4.69) is 38.4 Å². The molecule has 0 saturated carbocycles. The summed E-state index contributed by atoms with van der Waals surface area (Å²) in [6.45, 7) is 5.69. The van der Waals surface area contributed by atoms with Gasteiger partial charge >= 0.3 is 0 Å². The van der Waals surface area contributed by atoms with Gasteiger partial charge in [-0.3, -0.25) is 19.8 Å². The zero-order valence-electron chi connectivity index (χ0n) is 19.6. The molecule has 6 rings (SSSR count). The second-order valence-electron chi connectivity index (χ2n) is 9.40. The number of fused-ring (bicyclic) bond motifs is 2. The largest absolute Gasteiger partial charge is 0.454 e. The lowest BCUT2D eigenvalue weighted by molar-refractivity contribution is 0.102. The molecule has 1 saturated heterocycles. The van der Waals surface area contributed by atoms with Gasteiger partial charge in [0.15, 0.2) is 17.2 Å². The van der Waals surface area contributed by atoms with Gasteiger partial charge in [-0.15, -0.1) is 0 Å². The summed E-state index contributed by atoms with van der Waals surface area (Å²) in [6.07, 6.45) is 6.32. The maximum absolute atomic E-state index is 13.1. The summed E-state index contributed by atoms with van der Waals surface area (Å²) >= 11 is 0. The Bertz CT molecular complexity index is 1390. The van der Waals surface area contributed by atoms with Crippen molar-refractivity contribution in [2.24, 2.45) is 5.92 Å². The molecule has 0 spiro atoms. The molecule has 8 heteroatoms. The second-order valence-corrected chi connectivity index (χ2v) is 9.40. The Morgan fingerprint density at radius 1 is 1.06 bits per heavy atom. The molecule has 35 heavy (non-hydrogen) atoms. The van der Waals surface area contributed by atoms with Gasteiger partial charge in [-0.1, -0.05) is 13.0 Å². The molecule has 0 aliphatic carbocycles. The minimum atomic E-state index is -0.293. The molecule has 1 fully saturated rings. The first-order chi connectivity index (χ1) is 17.1. The van der Waals surface area contributed by atoms with Crippen molar-refractivity contribution in [3.8, 4) is 22.6 Å². The van der Waals surface area contributed by atoms with Gasteiger partial charge in [-0.05, 0) is 73.3 Å². The third kappa shape index (κ3) is 4.44. The summed E-state index contributed by atoms with van der Waals surface area (Å²) in [5.41, 5.74) is 4.98. The monoisotopic (exact) mass is 469 g/mol. The summed E-state index contributed by atoms with van der Waals surface area (Å²) in [4.78, 5) is 20.1. The molecule has 2 aromatic heterocycles. The van der Waals surface area contributed by atoms with Crippen LogP contribution in [0.4, 0.5) is 5.69 Å². The molecule has 2 aliphatic heterocycles. The fourth-order valence-electron chi connectivity index (χ4n) is 4.74. The van der Waals surface area contributed by atoms with E-state index < -0.39 is 0 Å². The molecule has 2 aromatic carbocycles. The molecule has 4 aromatic rings. The van der Waals surface area contributed by atoms with Crippen molar-refractivity contribution in [1.29, 1.82) is 0 Å². The molecule has 1 amide bonds. The Morgan fingerprint density at radius 2 is 1.91 bits per heavy atom. The van der Waals surface area contributed by atoms with Gasteiger partial charge in [-0.2, -0.15) is 5.10 Å². The topological polar surface area (TPSA) is 92.4 Å². The predicted molar refractivity (Wildman–Crippen MR) is 134 cm³/mol. The summed E-state index contributed by atoms with van der Waals surface area (Å²) in [7, 11) is 0. The van der Waals surface area contributed by atoms with Crippen molar-refractivity contribution < 1.29 is 14.3 Å². The third-order valence-corrected chi connectivity index (χ3v) is 6.82. The number of nitrogens with one attached hydrogen (secondary N) is 2. The van der Waals surface area contributed by atoms with Crippen molar-refractivity contribution in [3.05, 3.63) is 66.1 Å². The molecule has 0 radical (unpaired) electrons. The number of rotatable bonds is 5. The molecule has 4 heterocycles. The van der Waals surface area contributed by atoms with E-state index in [1.165, 1.54) is 18.4 Å². The fraction of sp³-hybridized carbons (Fsp3) is 0.296. The normalized spacial score (nSPS) is 16.0. The molecule has 0 bridgehead atoms. The SMILES string of the molecule is CC1CCN(Cc2cncc(-c3ccc4[nH]nc(C(=O)Nc5ccc6c(c5)OCO6)c4c3)c2)CC1. The van der Waals surface area contributed by atoms with Gasteiger partial charge < -0.3 is 14.8 Å². The van der Waals surface area contributed by atoms with Crippen molar-refractivity contribution in [2.75, 3.05) is 25.2 Å². The lowest BCUT2D eigenvalue weighted by Gasteiger charge is -2.30. The van der Waals surface area contributed by atoms with E-state index in [4.69, 9.17) is 9.47 Å². The number of carbonyl (C=O) groups excluding carboxylic acids is 1. The fourth-order valence-corrected chi connectivity index (χ4v) is 4.74. The number of benzene rings is 2. The van der Waals surface area contributed by atoms with Crippen LogP contribution >= 0.6 is 0 Å². The minimum absolute atomic E-state index is 0.187. The Kier molecular flexibility index (Phi) is 5.58. The van der Waals surface area contributed by atoms with E-state index in [0.717, 1.165) is 47.6 Å². The number of H-pyrrole nitrogens is 1. The van der Waals surface area contributed by atoms with Crippen LogP contribution in [0.5, 0.6) is 11.5 Å². The number of piperidine rings is 1. The number of likely N-dealkylation sites (tertiary alicyclic amines) is 1. The van der Waals surface area contributed by atoms with Gasteiger partial charge in [0.05, 0.1) is 5.52 Å². The van der Waals surface area contributed by atoms with E-state index in [1.54, 1.807) is 18.2 Å². The van der Waals surface area contributed by atoms with Crippen LogP contribution in [-0.4, -0.2) is 45.9 Å². The molecular formula is C27H27N5O3. The Hall–Kier alpha value is -3.91. The number of hydrogen-bond acceptors (Lipinski definition) is 6. The van der Waals surface area contributed by atoms with Gasteiger partial charge in [0, 0.05) is 41.6 Å². The third-order valence-electron chi connectivity index (χ3n) is 6.82. The molecule has 8 nitrogen and oxygen atoms in total. The number of nitrogens with zero attached hydrogens (tertiary/aromatic N) is 3. The van der Waals surface area contributed by atoms with E-state index in [0.29, 0.717) is 22.9 Å². The van der Waals surface area contributed by atoms with Gasteiger partial charge in [-0.25, -0.2) is 0 Å². The lowest BCUT2D eigenvalue weighted by atomic mass is 9.98. The van der Waals surface area contributed by atoms with Gasteiger partial charge in [0.2, 0.25) is 6.79 Å². The Balaban J connectivity index is 1.23. The number of aromatic nitrogens is 3. The van der Waals surface area contributed by atoms with Crippen LogP contribution in [0, 0.1) is 5.92 Å². The predicted octanol–water partition coefficient (Wildman–Crippen LogP) is 4.84. The summed E-state index contributed by atoms with van der Waals surface area (Å²) < 4.78 is 10.7. The standard InChI is InChI=1S/C27H27N5O3/c1-17-6-8-32(9-7-17)15-18-10-20(14-28-13-18)19-2-4-23-22(11-19)26(31-30-23)27(33)29-21-3-5-24-25(12-21)35-16-34-24/h2-5,10-14,17H,6-9,15-16H2,1H3,(H,29,33)(H,30,31). The molecule has 178 valence electrons. The summed E-state index contributed by atoms with van der Waals surface area (Å²) in [6, 6.07) is 13.5. The smallest absolute Gasteiger partial charge is 0.276 e. The quantitative estimate of drug-likeness (QED) is 0.435. The van der Waals surface area contributed by atoms with Crippen LogP contribution < -0.4 is 14.8 Å². The van der Waals surface area contributed by atoms with Crippen molar-refractivity contribution >= 4 is 22.5 Å². The van der Waals surface area contributed by atoms with Crippen LogP contribution in [-0.2, 0) is 6.54 Å². The van der Waals surface area contributed by atoms with Crippen molar-refractivity contribution in [1.82, 2.24) is 20.1 Å². The van der Waals surface area contributed by atoms with Crippen LogP contribution in [0.2, 0.25) is 0 Å². The Morgan fingerprint density at radius 3 is 2.80 bits per heavy atom. The molecule has 2 aliphatic rings. The first-order valence-electron chi connectivity index (χ1n) is 12.0. The zero-order valence-corrected chi connectivity index (χ0v) is 19.6. The number of amides is 1. The van der Waals surface area contributed by atoms with Gasteiger partial charge in [0.1, 0.15) is 0 Å². The average molecular weight is 470 g/mol. The first kappa shape index (κ1) is 21.6. The van der Waals surface area contributed by atoms with Crippen LogP contribution in [0.15, 0.2) is 54.9 Å². The number of ether oxygens (including phenoxy) is 2. The molecular weight excluding hydrogens is 442 g/mol. The zero-order chi connectivity index (χ0) is 23.8. The van der Waals surface area contributed by atoms with Crippen LogP contribution in [0.1, 0.15) is 35.8 Å². The number of anilines is 1. The molecule has 0 atom stereocenters.